The van der Waals surface area contributed by atoms with Gasteiger partial charge in [-0.05, 0) is 42.8 Å². The van der Waals surface area contributed by atoms with Gasteiger partial charge in [0.05, 0.1) is 10.7 Å². The number of hydrogen-bond donors (Lipinski definition) is 2. The second-order valence-electron chi connectivity index (χ2n) is 5.66. The normalized spacial score (nSPS) is 10.7. The Morgan fingerprint density at radius 3 is 2.48 bits per heavy atom. The van der Waals surface area contributed by atoms with Crippen LogP contribution in [0.25, 0.3) is 0 Å². The van der Waals surface area contributed by atoms with Gasteiger partial charge in [0.25, 0.3) is 0 Å². The van der Waals surface area contributed by atoms with Crippen molar-refractivity contribution in [1.29, 1.82) is 0 Å². The topological polar surface area (TPSA) is 32.3 Å². The van der Waals surface area contributed by atoms with E-state index < -0.39 is 0 Å². The van der Waals surface area contributed by atoms with E-state index in [0.29, 0.717) is 17.3 Å². The zero-order valence-electron chi connectivity index (χ0n) is 13.6. The molecule has 0 saturated carbocycles. The molecule has 0 aliphatic rings. The van der Waals surface area contributed by atoms with Gasteiger partial charge in [-0.2, -0.15) is 0 Å². The van der Waals surface area contributed by atoms with Crippen LogP contribution in [0.1, 0.15) is 11.1 Å². The number of anilines is 1. The fourth-order valence-electron chi connectivity index (χ4n) is 2.37. The number of nitrogens with one attached hydrogen (secondary N) is 1. The Bertz CT molecular complexity index is 881. The van der Waals surface area contributed by atoms with Crippen LogP contribution in [0.15, 0.2) is 70.5 Å². The van der Waals surface area contributed by atoms with Crippen LogP contribution >= 0.6 is 35.0 Å². The minimum absolute atomic E-state index is 0.00901. The van der Waals surface area contributed by atoms with Gasteiger partial charge in [-0.1, -0.05) is 70.9 Å². The van der Waals surface area contributed by atoms with Crippen molar-refractivity contribution in [3.63, 3.8) is 0 Å². The lowest BCUT2D eigenvalue weighted by Crippen LogP contribution is -2.01. The maximum atomic E-state index is 10.1. The maximum absolute atomic E-state index is 10.1. The molecule has 0 aromatic heterocycles. The fraction of sp³-hybridized carbons (Fsp3) is 0.100. The summed E-state index contributed by atoms with van der Waals surface area (Å²) in [6.45, 7) is 2.63. The van der Waals surface area contributed by atoms with E-state index in [9.17, 15) is 5.11 Å². The summed E-state index contributed by atoms with van der Waals surface area (Å²) in [5.74, 6) is 0.00901. The first-order chi connectivity index (χ1) is 12.0. The van der Waals surface area contributed by atoms with Crippen LogP contribution in [0.4, 0.5) is 5.69 Å². The summed E-state index contributed by atoms with van der Waals surface area (Å²) in [6.07, 6.45) is 0. The summed E-state index contributed by atoms with van der Waals surface area (Å²) >= 11 is 13.7. The Hall–Kier alpha value is -1.81. The number of phenolic OH excluding ortho intramolecular Hbond substituents is 1. The van der Waals surface area contributed by atoms with Gasteiger partial charge in [0.1, 0.15) is 0 Å². The van der Waals surface area contributed by atoms with E-state index in [0.717, 1.165) is 10.5 Å². The lowest BCUT2D eigenvalue weighted by atomic mass is 10.2. The average Bonchev–Trinajstić information content (AvgIpc) is 2.60. The van der Waals surface area contributed by atoms with Gasteiger partial charge in [0.15, 0.2) is 5.75 Å². The summed E-state index contributed by atoms with van der Waals surface area (Å²) in [7, 11) is 0. The summed E-state index contributed by atoms with van der Waals surface area (Å²) < 4.78 is 0. The summed E-state index contributed by atoms with van der Waals surface area (Å²) in [5, 5.41) is 14.0. The van der Waals surface area contributed by atoms with E-state index in [1.807, 2.05) is 12.1 Å². The third kappa shape index (κ3) is 4.63. The van der Waals surface area contributed by atoms with Crippen molar-refractivity contribution in [3.8, 4) is 5.75 Å². The van der Waals surface area contributed by atoms with Crippen LogP contribution in [0.5, 0.6) is 5.75 Å². The van der Waals surface area contributed by atoms with Crippen molar-refractivity contribution in [1.82, 2.24) is 0 Å². The van der Waals surface area contributed by atoms with Crippen LogP contribution in [0.2, 0.25) is 10.0 Å². The van der Waals surface area contributed by atoms with Gasteiger partial charge in [0.2, 0.25) is 0 Å². The Morgan fingerprint density at radius 2 is 1.72 bits per heavy atom. The Kier molecular flexibility index (Phi) is 5.79. The maximum Gasteiger partial charge on any atom is 0.157 e. The van der Waals surface area contributed by atoms with E-state index in [4.69, 9.17) is 23.2 Å². The first kappa shape index (κ1) is 18.0. The molecule has 0 heterocycles. The predicted molar refractivity (Wildman–Crippen MR) is 107 cm³/mol. The van der Waals surface area contributed by atoms with Gasteiger partial charge in [-0.15, -0.1) is 0 Å². The van der Waals surface area contributed by atoms with E-state index in [-0.39, 0.29) is 10.8 Å². The molecule has 25 heavy (non-hydrogen) atoms. The zero-order valence-corrected chi connectivity index (χ0v) is 15.9. The Labute approximate surface area is 161 Å². The SMILES string of the molecule is Cc1ccc(Sc2ccccc2CNc2cc(Cl)cc(Cl)c2O)cc1. The molecule has 0 atom stereocenters. The number of aryl methyl sites for hydroxylation is 1. The Balaban J connectivity index is 1.78. The number of hydrogen-bond acceptors (Lipinski definition) is 3. The highest BCUT2D eigenvalue weighted by molar-refractivity contribution is 7.99. The van der Waals surface area contributed by atoms with Gasteiger partial charge < -0.3 is 10.4 Å². The average molecular weight is 390 g/mol. The van der Waals surface area contributed by atoms with Crippen LogP contribution in [0, 0.1) is 6.92 Å². The predicted octanol–water partition coefficient (Wildman–Crippen LogP) is 6.77. The van der Waals surface area contributed by atoms with Crippen LogP contribution < -0.4 is 5.32 Å². The molecular formula is C20H17Cl2NOS. The van der Waals surface area contributed by atoms with E-state index in [1.165, 1.54) is 16.5 Å². The van der Waals surface area contributed by atoms with Crippen LogP contribution in [-0.2, 0) is 6.54 Å². The van der Waals surface area contributed by atoms with Crippen LogP contribution in [-0.4, -0.2) is 5.11 Å². The molecule has 128 valence electrons. The van der Waals surface area contributed by atoms with Gasteiger partial charge >= 0.3 is 0 Å². The molecule has 0 unspecified atom stereocenters. The molecule has 0 radical (unpaired) electrons. The van der Waals surface area contributed by atoms with Crippen molar-refractivity contribution in [2.75, 3.05) is 5.32 Å². The first-order valence-corrected chi connectivity index (χ1v) is 9.34. The second kappa shape index (κ2) is 8.05. The third-order valence-corrected chi connectivity index (χ3v) is 5.35. The number of rotatable bonds is 5. The highest BCUT2D eigenvalue weighted by Gasteiger charge is 2.09. The van der Waals surface area contributed by atoms with Crippen molar-refractivity contribution in [3.05, 3.63) is 81.8 Å². The zero-order chi connectivity index (χ0) is 17.8. The molecule has 0 aliphatic carbocycles. The van der Waals surface area contributed by atoms with E-state index >= 15 is 0 Å². The molecule has 3 aromatic carbocycles. The highest BCUT2D eigenvalue weighted by Crippen LogP contribution is 2.36. The smallest absolute Gasteiger partial charge is 0.157 e. The highest BCUT2D eigenvalue weighted by atomic mass is 35.5. The van der Waals surface area contributed by atoms with E-state index in [1.54, 1.807) is 17.8 Å². The molecule has 5 heteroatoms. The quantitative estimate of drug-likeness (QED) is 0.472. The lowest BCUT2D eigenvalue weighted by molar-refractivity contribution is 0.477. The van der Waals surface area contributed by atoms with E-state index in [2.05, 4.69) is 48.6 Å². The molecule has 3 rings (SSSR count). The van der Waals surface area contributed by atoms with Gasteiger partial charge in [-0.3, -0.25) is 0 Å². The monoisotopic (exact) mass is 389 g/mol. The largest absolute Gasteiger partial charge is 0.504 e. The summed E-state index contributed by atoms with van der Waals surface area (Å²) in [5.41, 5.74) is 2.89. The lowest BCUT2D eigenvalue weighted by Gasteiger charge is -2.13. The molecular weight excluding hydrogens is 373 g/mol. The number of phenols is 1. The molecule has 0 amide bonds. The van der Waals surface area contributed by atoms with Gasteiger partial charge in [-0.25, -0.2) is 0 Å². The molecule has 0 aliphatic heterocycles. The fourth-order valence-corrected chi connectivity index (χ4v) is 3.81. The third-order valence-electron chi connectivity index (χ3n) is 3.72. The van der Waals surface area contributed by atoms with Crippen molar-refractivity contribution < 1.29 is 5.11 Å². The van der Waals surface area contributed by atoms with Crippen LogP contribution in [0.3, 0.4) is 0 Å². The molecule has 0 bridgehead atoms. The number of benzene rings is 3. The molecule has 2 nitrogen and oxygen atoms in total. The number of aromatic hydroxyl groups is 1. The molecule has 0 fully saturated rings. The summed E-state index contributed by atoms with van der Waals surface area (Å²) in [6, 6.07) is 19.8. The minimum Gasteiger partial charge on any atom is -0.504 e. The number of halogens is 2. The molecule has 0 saturated heterocycles. The van der Waals surface area contributed by atoms with Crippen molar-refractivity contribution in [2.45, 2.75) is 23.3 Å². The molecule has 3 aromatic rings. The second-order valence-corrected chi connectivity index (χ2v) is 7.62. The van der Waals surface area contributed by atoms with Crippen molar-refractivity contribution in [2.24, 2.45) is 0 Å². The minimum atomic E-state index is 0.00901. The summed E-state index contributed by atoms with van der Waals surface area (Å²) in [4.78, 5) is 2.35. The first-order valence-electron chi connectivity index (χ1n) is 7.77. The standard InChI is InChI=1S/C20H17Cl2NOS/c1-13-6-8-16(9-7-13)25-19-5-3-2-4-14(19)12-23-18-11-15(21)10-17(22)20(18)24/h2-11,23-24H,12H2,1H3. The van der Waals surface area contributed by atoms with Gasteiger partial charge in [0, 0.05) is 21.4 Å². The Morgan fingerprint density at radius 1 is 1.00 bits per heavy atom. The molecule has 2 N–H and O–H groups in total. The van der Waals surface area contributed by atoms with Crippen molar-refractivity contribution >= 4 is 40.7 Å². The molecule has 0 spiro atoms.